The molecule has 0 aliphatic rings. The second-order valence-electron chi connectivity index (χ2n) is 4.45. The zero-order valence-electron chi connectivity index (χ0n) is 11.7. The fourth-order valence-corrected chi connectivity index (χ4v) is 1.69. The van der Waals surface area contributed by atoms with Crippen LogP contribution in [0.3, 0.4) is 0 Å². The van der Waals surface area contributed by atoms with E-state index in [4.69, 9.17) is 10.5 Å². The van der Waals surface area contributed by atoms with Crippen LogP contribution in [0.1, 0.15) is 11.1 Å². The van der Waals surface area contributed by atoms with Gasteiger partial charge in [0.05, 0.1) is 6.21 Å². The summed E-state index contributed by atoms with van der Waals surface area (Å²) in [5.41, 5.74) is 7.10. The first-order valence-corrected chi connectivity index (χ1v) is 6.40. The smallest absolute Gasteiger partial charge is 0.332 e. The maximum absolute atomic E-state index is 13.9. The molecule has 2 aromatic rings. The molecular weight excluding hydrogens is 311 g/mol. The molecule has 0 fully saturated rings. The number of hydrazone groups is 1. The number of ether oxygens (including phenoxy) is 1. The van der Waals surface area contributed by atoms with Crippen molar-refractivity contribution in [3.8, 4) is 5.75 Å². The SMILES string of the molecule is NC(=O)NN=Cc1ccc(OCc2cc(F)ccc2F)c(F)c1. The largest absolute Gasteiger partial charge is 0.486 e. The summed E-state index contributed by atoms with van der Waals surface area (Å²) in [6.45, 7) is -0.322. The molecule has 0 bridgehead atoms. The molecule has 2 aromatic carbocycles. The molecule has 0 saturated heterocycles. The molecule has 0 unspecified atom stereocenters. The Kier molecular flexibility index (Phi) is 5.19. The summed E-state index contributed by atoms with van der Waals surface area (Å²) in [5.74, 6) is -2.11. The molecular formula is C15H12F3N3O2. The van der Waals surface area contributed by atoms with E-state index in [0.717, 1.165) is 24.3 Å². The monoisotopic (exact) mass is 323 g/mol. The van der Waals surface area contributed by atoms with E-state index in [1.807, 2.05) is 5.43 Å². The second-order valence-corrected chi connectivity index (χ2v) is 4.45. The maximum atomic E-state index is 13.9. The van der Waals surface area contributed by atoms with Gasteiger partial charge in [-0.3, -0.25) is 0 Å². The van der Waals surface area contributed by atoms with E-state index in [2.05, 4.69) is 5.10 Å². The molecule has 120 valence electrons. The fraction of sp³-hybridized carbons (Fsp3) is 0.0667. The Morgan fingerprint density at radius 3 is 2.65 bits per heavy atom. The van der Waals surface area contributed by atoms with Crippen molar-refractivity contribution < 1.29 is 22.7 Å². The highest BCUT2D eigenvalue weighted by atomic mass is 19.1. The minimum absolute atomic E-state index is 0.0271. The van der Waals surface area contributed by atoms with E-state index >= 15 is 0 Å². The molecule has 0 radical (unpaired) electrons. The topological polar surface area (TPSA) is 76.7 Å². The number of halogens is 3. The third kappa shape index (κ3) is 4.73. The minimum Gasteiger partial charge on any atom is -0.486 e. The first kappa shape index (κ1) is 16.3. The molecule has 0 aromatic heterocycles. The lowest BCUT2D eigenvalue weighted by Crippen LogP contribution is -2.24. The van der Waals surface area contributed by atoms with Gasteiger partial charge in [-0.1, -0.05) is 0 Å². The summed E-state index contributed by atoms with van der Waals surface area (Å²) >= 11 is 0. The first-order chi connectivity index (χ1) is 11.0. The van der Waals surface area contributed by atoms with Gasteiger partial charge in [0, 0.05) is 5.56 Å². The maximum Gasteiger partial charge on any atom is 0.332 e. The molecule has 0 atom stereocenters. The lowest BCUT2D eigenvalue weighted by molar-refractivity contribution is 0.249. The number of carbonyl (C=O) groups is 1. The molecule has 2 rings (SSSR count). The summed E-state index contributed by atoms with van der Waals surface area (Å²) in [6.07, 6.45) is 1.18. The molecule has 2 amide bonds. The van der Waals surface area contributed by atoms with E-state index in [9.17, 15) is 18.0 Å². The molecule has 0 spiro atoms. The summed E-state index contributed by atoms with van der Waals surface area (Å²) < 4.78 is 45.5. The number of nitrogens with zero attached hydrogens (tertiary/aromatic N) is 1. The van der Waals surface area contributed by atoms with Crippen molar-refractivity contribution in [3.63, 3.8) is 0 Å². The third-order valence-electron chi connectivity index (χ3n) is 2.74. The number of benzene rings is 2. The van der Waals surface area contributed by atoms with Crippen molar-refractivity contribution in [1.82, 2.24) is 5.43 Å². The Hall–Kier alpha value is -3.03. The molecule has 0 aliphatic carbocycles. The van der Waals surface area contributed by atoms with Gasteiger partial charge in [0.25, 0.3) is 0 Å². The van der Waals surface area contributed by atoms with Crippen molar-refractivity contribution in [2.75, 3.05) is 0 Å². The quantitative estimate of drug-likeness (QED) is 0.655. The Morgan fingerprint density at radius 2 is 1.96 bits per heavy atom. The predicted octanol–water partition coefficient (Wildman–Crippen LogP) is 2.69. The lowest BCUT2D eigenvalue weighted by atomic mass is 10.2. The van der Waals surface area contributed by atoms with Crippen LogP contribution in [-0.2, 0) is 6.61 Å². The highest BCUT2D eigenvalue weighted by Crippen LogP contribution is 2.20. The number of amides is 2. The van der Waals surface area contributed by atoms with Crippen molar-refractivity contribution in [3.05, 3.63) is 65.0 Å². The molecule has 23 heavy (non-hydrogen) atoms. The number of primary amides is 1. The summed E-state index contributed by atoms with van der Waals surface area (Å²) in [7, 11) is 0. The molecule has 0 aliphatic heterocycles. The van der Waals surface area contributed by atoms with Gasteiger partial charge in [0.15, 0.2) is 11.6 Å². The summed E-state index contributed by atoms with van der Waals surface area (Å²) in [5, 5.41) is 3.48. The fourth-order valence-electron chi connectivity index (χ4n) is 1.69. The summed E-state index contributed by atoms with van der Waals surface area (Å²) in [6, 6.07) is 5.94. The standard InChI is InChI=1S/C15H12F3N3O2/c16-11-2-3-12(17)10(6-11)8-23-14-4-1-9(5-13(14)18)7-20-21-15(19)22/h1-7H,8H2,(H3,19,21,22). The summed E-state index contributed by atoms with van der Waals surface area (Å²) in [4.78, 5) is 10.4. The number of urea groups is 1. The van der Waals surface area contributed by atoms with Gasteiger partial charge in [0.2, 0.25) is 0 Å². The number of nitrogens with two attached hydrogens (primary N) is 1. The van der Waals surface area contributed by atoms with Gasteiger partial charge >= 0.3 is 6.03 Å². The van der Waals surface area contributed by atoms with Crippen LogP contribution in [0.25, 0.3) is 0 Å². The van der Waals surface area contributed by atoms with E-state index in [0.29, 0.717) is 5.56 Å². The van der Waals surface area contributed by atoms with Gasteiger partial charge in [-0.25, -0.2) is 23.4 Å². The van der Waals surface area contributed by atoms with Crippen LogP contribution in [0.5, 0.6) is 5.75 Å². The average molecular weight is 323 g/mol. The van der Waals surface area contributed by atoms with Crippen LogP contribution >= 0.6 is 0 Å². The Bertz CT molecular complexity index is 751. The molecule has 5 nitrogen and oxygen atoms in total. The number of nitrogens with one attached hydrogen (secondary N) is 1. The average Bonchev–Trinajstić information content (AvgIpc) is 2.49. The normalized spacial score (nSPS) is 10.7. The Balaban J connectivity index is 2.05. The molecule has 0 heterocycles. The van der Waals surface area contributed by atoms with E-state index in [1.54, 1.807) is 0 Å². The van der Waals surface area contributed by atoms with Crippen molar-refractivity contribution in [1.29, 1.82) is 0 Å². The van der Waals surface area contributed by atoms with E-state index in [1.165, 1.54) is 18.3 Å². The zero-order chi connectivity index (χ0) is 16.8. The Morgan fingerprint density at radius 1 is 1.17 bits per heavy atom. The zero-order valence-corrected chi connectivity index (χ0v) is 11.7. The number of rotatable bonds is 5. The van der Waals surface area contributed by atoms with Gasteiger partial charge in [0.1, 0.15) is 18.2 Å². The number of hydrogen-bond acceptors (Lipinski definition) is 3. The third-order valence-corrected chi connectivity index (χ3v) is 2.74. The van der Waals surface area contributed by atoms with Gasteiger partial charge in [-0.2, -0.15) is 5.10 Å². The van der Waals surface area contributed by atoms with Crippen LogP contribution in [-0.4, -0.2) is 12.2 Å². The second kappa shape index (κ2) is 7.30. The van der Waals surface area contributed by atoms with Crippen LogP contribution < -0.4 is 15.9 Å². The molecule has 8 heteroatoms. The number of carbonyl (C=O) groups excluding carboxylic acids is 1. The predicted molar refractivity (Wildman–Crippen MR) is 77.4 cm³/mol. The highest BCUT2D eigenvalue weighted by molar-refractivity contribution is 5.81. The van der Waals surface area contributed by atoms with Crippen molar-refractivity contribution >= 4 is 12.2 Å². The molecule has 0 saturated carbocycles. The van der Waals surface area contributed by atoms with Crippen molar-refractivity contribution in [2.24, 2.45) is 10.8 Å². The van der Waals surface area contributed by atoms with Gasteiger partial charge < -0.3 is 10.5 Å². The highest BCUT2D eigenvalue weighted by Gasteiger charge is 2.08. The molecule has 3 N–H and O–H groups in total. The van der Waals surface area contributed by atoms with E-state index in [-0.39, 0.29) is 17.9 Å². The first-order valence-electron chi connectivity index (χ1n) is 6.40. The van der Waals surface area contributed by atoms with Gasteiger partial charge in [-0.05, 0) is 42.0 Å². The van der Waals surface area contributed by atoms with Gasteiger partial charge in [-0.15, -0.1) is 0 Å². The number of hydrogen-bond donors (Lipinski definition) is 2. The van der Waals surface area contributed by atoms with Crippen LogP contribution in [0.4, 0.5) is 18.0 Å². The Labute approximate surface area is 129 Å². The van der Waals surface area contributed by atoms with E-state index < -0.39 is 23.5 Å². The van der Waals surface area contributed by atoms with Crippen LogP contribution in [0.2, 0.25) is 0 Å². The lowest BCUT2D eigenvalue weighted by Gasteiger charge is -2.08. The van der Waals surface area contributed by atoms with Crippen LogP contribution in [0.15, 0.2) is 41.5 Å². The van der Waals surface area contributed by atoms with Crippen LogP contribution in [0, 0.1) is 17.5 Å². The van der Waals surface area contributed by atoms with Crippen molar-refractivity contribution in [2.45, 2.75) is 6.61 Å². The minimum atomic E-state index is -0.848.